The molecule has 0 aliphatic carbocycles. The second kappa shape index (κ2) is 6.74. The maximum atomic E-state index is 12.9. The van der Waals surface area contributed by atoms with Gasteiger partial charge in [-0.2, -0.15) is 0 Å². The molecular formula is C16H26N2O4S2. The van der Waals surface area contributed by atoms with Crippen LogP contribution in [0.4, 0.5) is 0 Å². The molecule has 0 radical (unpaired) electrons. The summed E-state index contributed by atoms with van der Waals surface area (Å²) in [6, 6.07) is 1.75. The van der Waals surface area contributed by atoms with Crippen LogP contribution in [0.2, 0.25) is 0 Å². The first-order valence-electron chi connectivity index (χ1n) is 7.98. The smallest absolute Gasteiger partial charge is 0.213 e. The number of nitrogens with zero attached hydrogens (tertiary/aromatic N) is 1. The van der Waals surface area contributed by atoms with Gasteiger partial charge in [-0.15, -0.1) is 0 Å². The van der Waals surface area contributed by atoms with Crippen LogP contribution in [0, 0.1) is 27.7 Å². The normalized spacial score (nSPS) is 18.0. The molecule has 0 amide bonds. The topological polar surface area (TPSA) is 83.6 Å². The van der Waals surface area contributed by atoms with E-state index in [1.165, 1.54) is 10.6 Å². The summed E-state index contributed by atoms with van der Waals surface area (Å²) >= 11 is 0. The fourth-order valence-electron chi connectivity index (χ4n) is 3.17. The summed E-state index contributed by atoms with van der Waals surface area (Å²) in [5.74, 6) is 0. The van der Waals surface area contributed by atoms with E-state index in [1.807, 2.05) is 33.8 Å². The molecule has 0 bridgehead atoms. The summed E-state index contributed by atoms with van der Waals surface area (Å²) in [6.07, 6.45) is 2.14. The molecule has 0 unspecified atom stereocenters. The average Bonchev–Trinajstić information content (AvgIpc) is 2.44. The summed E-state index contributed by atoms with van der Waals surface area (Å²) < 4.78 is 53.0. The van der Waals surface area contributed by atoms with Gasteiger partial charge in [0, 0.05) is 19.1 Å². The van der Waals surface area contributed by atoms with Crippen molar-refractivity contribution < 1.29 is 16.8 Å². The van der Waals surface area contributed by atoms with E-state index in [0.717, 1.165) is 22.3 Å². The zero-order valence-electron chi connectivity index (χ0n) is 14.9. The molecule has 0 atom stereocenters. The lowest BCUT2D eigenvalue weighted by molar-refractivity contribution is 0.310. The minimum atomic E-state index is -3.64. The Balaban J connectivity index is 2.23. The van der Waals surface area contributed by atoms with Gasteiger partial charge in [0.2, 0.25) is 20.0 Å². The number of nitrogens with one attached hydrogen (secondary N) is 1. The van der Waals surface area contributed by atoms with E-state index in [2.05, 4.69) is 4.72 Å². The molecule has 0 saturated carbocycles. The molecule has 0 aromatic heterocycles. The van der Waals surface area contributed by atoms with Gasteiger partial charge in [0.1, 0.15) is 0 Å². The Morgan fingerprint density at radius 1 is 0.958 bits per heavy atom. The van der Waals surface area contributed by atoms with Crippen LogP contribution in [0.1, 0.15) is 35.1 Å². The maximum absolute atomic E-state index is 12.9. The van der Waals surface area contributed by atoms with E-state index in [-0.39, 0.29) is 6.04 Å². The lowest BCUT2D eigenvalue weighted by Crippen LogP contribution is -2.46. The van der Waals surface area contributed by atoms with Gasteiger partial charge in [-0.3, -0.25) is 0 Å². The average molecular weight is 375 g/mol. The van der Waals surface area contributed by atoms with Crippen molar-refractivity contribution in [3.8, 4) is 0 Å². The van der Waals surface area contributed by atoms with Gasteiger partial charge in [-0.05, 0) is 62.8 Å². The maximum Gasteiger partial charge on any atom is 0.241 e. The van der Waals surface area contributed by atoms with Gasteiger partial charge >= 0.3 is 0 Å². The van der Waals surface area contributed by atoms with E-state index in [0.29, 0.717) is 30.8 Å². The van der Waals surface area contributed by atoms with Crippen LogP contribution >= 0.6 is 0 Å². The number of piperidine rings is 1. The molecule has 1 heterocycles. The summed E-state index contributed by atoms with van der Waals surface area (Å²) in [5.41, 5.74) is 3.43. The lowest BCUT2D eigenvalue weighted by Gasteiger charge is -2.30. The van der Waals surface area contributed by atoms with Crippen molar-refractivity contribution >= 4 is 20.0 Å². The van der Waals surface area contributed by atoms with Gasteiger partial charge in [0.25, 0.3) is 0 Å². The molecule has 6 nitrogen and oxygen atoms in total. The molecule has 136 valence electrons. The fraction of sp³-hybridized carbons (Fsp3) is 0.625. The highest BCUT2D eigenvalue weighted by molar-refractivity contribution is 7.89. The Morgan fingerprint density at radius 2 is 1.42 bits per heavy atom. The number of hydrogen-bond acceptors (Lipinski definition) is 4. The van der Waals surface area contributed by atoms with Crippen LogP contribution < -0.4 is 4.72 Å². The third-order valence-electron chi connectivity index (χ3n) is 4.81. The Bertz CT molecular complexity index is 811. The third-order valence-corrected chi connectivity index (χ3v) is 7.91. The summed E-state index contributed by atoms with van der Waals surface area (Å²) in [7, 11) is -6.85. The number of rotatable bonds is 4. The standard InChI is InChI=1S/C16H26N2O4S2/c1-11-10-12(2)14(4)16(13(11)3)24(21,22)17-15-6-8-18(9-7-15)23(5,19)20/h10,15,17H,6-9H2,1-5H3. The van der Waals surface area contributed by atoms with Gasteiger partial charge in [-0.25, -0.2) is 25.9 Å². The number of aryl methyl sites for hydroxylation is 2. The number of hydrogen-bond donors (Lipinski definition) is 1. The van der Waals surface area contributed by atoms with Crippen molar-refractivity contribution in [3.63, 3.8) is 0 Å². The molecule has 1 saturated heterocycles. The van der Waals surface area contributed by atoms with E-state index >= 15 is 0 Å². The molecule has 1 aromatic rings. The molecule has 1 aromatic carbocycles. The number of benzene rings is 1. The molecule has 8 heteroatoms. The second-order valence-corrected chi connectivity index (χ2v) is 10.3. The van der Waals surface area contributed by atoms with Crippen LogP contribution in [0.5, 0.6) is 0 Å². The Morgan fingerprint density at radius 3 is 1.83 bits per heavy atom. The summed E-state index contributed by atoms with van der Waals surface area (Å²) in [4.78, 5) is 0.352. The molecule has 0 spiro atoms. The SMILES string of the molecule is Cc1cc(C)c(C)c(S(=O)(=O)NC2CCN(S(C)(=O)=O)CC2)c1C. The second-order valence-electron chi connectivity index (χ2n) is 6.65. The van der Waals surface area contributed by atoms with Crippen LogP contribution in [0.25, 0.3) is 0 Å². The Hall–Kier alpha value is -0.960. The molecule has 1 aliphatic rings. The predicted molar refractivity (Wildman–Crippen MR) is 95.2 cm³/mol. The first-order valence-corrected chi connectivity index (χ1v) is 11.3. The van der Waals surface area contributed by atoms with Crippen LogP contribution in [0.3, 0.4) is 0 Å². The van der Waals surface area contributed by atoms with E-state index in [1.54, 1.807) is 0 Å². The molecule has 24 heavy (non-hydrogen) atoms. The molecule has 2 rings (SSSR count). The van der Waals surface area contributed by atoms with Crippen molar-refractivity contribution in [1.29, 1.82) is 0 Å². The van der Waals surface area contributed by atoms with Crippen molar-refractivity contribution in [2.24, 2.45) is 0 Å². The number of sulfonamides is 2. The predicted octanol–water partition coefficient (Wildman–Crippen LogP) is 1.62. The van der Waals surface area contributed by atoms with Crippen LogP contribution in [-0.4, -0.2) is 46.5 Å². The van der Waals surface area contributed by atoms with Gasteiger partial charge in [0.15, 0.2) is 0 Å². The van der Waals surface area contributed by atoms with Crippen LogP contribution in [-0.2, 0) is 20.0 Å². The largest absolute Gasteiger partial charge is 0.241 e. The monoisotopic (exact) mass is 374 g/mol. The summed E-state index contributed by atoms with van der Waals surface area (Å²) in [6.45, 7) is 8.15. The Kier molecular flexibility index (Phi) is 5.44. The molecule has 1 N–H and O–H groups in total. The first-order chi connectivity index (χ1) is 10.9. The van der Waals surface area contributed by atoms with Gasteiger partial charge < -0.3 is 0 Å². The zero-order chi connectivity index (χ0) is 18.3. The van der Waals surface area contributed by atoms with Crippen molar-refractivity contribution in [2.45, 2.75) is 51.5 Å². The molecular weight excluding hydrogens is 348 g/mol. The van der Waals surface area contributed by atoms with Crippen molar-refractivity contribution in [2.75, 3.05) is 19.3 Å². The highest BCUT2D eigenvalue weighted by Gasteiger charge is 2.30. The summed E-state index contributed by atoms with van der Waals surface area (Å²) in [5, 5.41) is 0. The third kappa shape index (κ3) is 3.99. The highest BCUT2D eigenvalue weighted by Crippen LogP contribution is 2.27. The van der Waals surface area contributed by atoms with E-state index in [4.69, 9.17) is 0 Å². The quantitative estimate of drug-likeness (QED) is 0.868. The fourth-order valence-corrected chi connectivity index (χ4v) is 5.96. The first kappa shape index (κ1) is 19.4. The zero-order valence-corrected chi connectivity index (χ0v) is 16.5. The lowest BCUT2D eigenvalue weighted by atomic mass is 10.0. The molecule has 1 aliphatic heterocycles. The van der Waals surface area contributed by atoms with Gasteiger partial charge in [-0.1, -0.05) is 6.07 Å². The minimum Gasteiger partial charge on any atom is -0.213 e. The van der Waals surface area contributed by atoms with Crippen molar-refractivity contribution in [3.05, 3.63) is 28.3 Å². The van der Waals surface area contributed by atoms with Crippen LogP contribution in [0.15, 0.2) is 11.0 Å². The highest BCUT2D eigenvalue weighted by atomic mass is 32.2. The van der Waals surface area contributed by atoms with Gasteiger partial charge in [0.05, 0.1) is 11.2 Å². The van der Waals surface area contributed by atoms with Crippen molar-refractivity contribution in [1.82, 2.24) is 9.03 Å². The van der Waals surface area contributed by atoms with E-state index < -0.39 is 20.0 Å². The Labute approximate surface area is 145 Å². The molecule has 1 fully saturated rings. The minimum absolute atomic E-state index is 0.243. The van der Waals surface area contributed by atoms with E-state index in [9.17, 15) is 16.8 Å².